The number of carbonyl (C=O) groups excluding carboxylic acids is 2. The molecule has 1 fully saturated rings. The highest BCUT2D eigenvalue weighted by molar-refractivity contribution is 5.94. The van der Waals surface area contributed by atoms with Gasteiger partial charge in [-0.2, -0.15) is 0 Å². The second-order valence-electron chi connectivity index (χ2n) is 7.02. The molecule has 150 valence electrons. The first-order chi connectivity index (χ1) is 14.1. The molecule has 0 aliphatic carbocycles. The topological polar surface area (TPSA) is 84.5 Å². The molecule has 0 unspecified atom stereocenters. The van der Waals surface area contributed by atoms with E-state index in [0.29, 0.717) is 30.3 Å². The first kappa shape index (κ1) is 19.0. The Balaban J connectivity index is 1.35. The molecule has 0 spiro atoms. The molecule has 1 aromatic heterocycles. The van der Waals surface area contributed by atoms with E-state index in [1.807, 2.05) is 29.2 Å². The summed E-state index contributed by atoms with van der Waals surface area (Å²) in [6.07, 6.45) is 0.991. The van der Waals surface area contributed by atoms with Crippen molar-refractivity contribution >= 4 is 23.1 Å². The van der Waals surface area contributed by atoms with Gasteiger partial charge in [0.2, 0.25) is 0 Å². The molecule has 7 nitrogen and oxygen atoms in total. The number of carbonyl (C=O) groups is 2. The Labute approximate surface area is 168 Å². The molecule has 1 amide bonds. The minimum Gasteiger partial charge on any atom is -0.434 e. The summed E-state index contributed by atoms with van der Waals surface area (Å²) in [5.74, 6) is 1.66. The molecule has 0 atom stereocenters. The van der Waals surface area contributed by atoms with Gasteiger partial charge in [0, 0.05) is 24.6 Å². The molecule has 3 aromatic rings. The first-order valence-corrected chi connectivity index (χ1v) is 9.82. The van der Waals surface area contributed by atoms with E-state index in [4.69, 9.17) is 14.5 Å². The highest BCUT2D eigenvalue weighted by Gasteiger charge is 2.26. The van der Waals surface area contributed by atoms with Crippen LogP contribution in [-0.2, 0) is 4.74 Å². The van der Waals surface area contributed by atoms with Crippen molar-refractivity contribution in [3.63, 3.8) is 0 Å². The summed E-state index contributed by atoms with van der Waals surface area (Å²) < 4.78 is 9.77. The third-order valence-corrected chi connectivity index (χ3v) is 5.14. The number of imidazole rings is 1. The summed E-state index contributed by atoms with van der Waals surface area (Å²) >= 11 is 0. The summed E-state index contributed by atoms with van der Waals surface area (Å²) in [7, 11) is 0. The number of amides is 1. The molecule has 7 heteroatoms. The molecule has 1 N–H and O–H groups in total. The summed E-state index contributed by atoms with van der Waals surface area (Å²) in [4.78, 5) is 34.1. The lowest BCUT2D eigenvalue weighted by Crippen LogP contribution is -2.38. The van der Waals surface area contributed by atoms with Crippen molar-refractivity contribution in [2.45, 2.75) is 25.7 Å². The van der Waals surface area contributed by atoms with Gasteiger partial charge in [0.1, 0.15) is 11.6 Å². The monoisotopic (exact) mass is 393 g/mol. The van der Waals surface area contributed by atoms with Crippen LogP contribution >= 0.6 is 0 Å². The van der Waals surface area contributed by atoms with E-state index < -0.39 is 6.16 Å². The standard InChI is InChI=1S/C22H23N3O4/c1-2-28-22(27)29-17-9-7-16(8-10-17)21(26)25-13-11-15(12-14-25)20-23-18-5-3-4-6-19(18)24-20/h3-10,15H,2,11-14H2,1H3,(H,23,24). The summed E-state index contributed by atoms with van der Waals surface area (Å²) in [5.41, 5.74) is 2.60. The van der Waals surface area contributed by atoms with Crippen molar-refractivity contribution < 1.29 is 19.1 Å². The van der Waals surface area contributed by atoms with Gasteiger partial charge in [0.15, 0.2) is 0 Å². The summed E-state index contributed by atoms with van der Waals surface area (Å²) in [5, 5.41) is 0. The molecule has 1 aliphatic heterocycles. The van der Waals surface area contributed by atoms with Crippen LogP contribution in [0, 0.1) is 0 Å². The maximum absolute atomic E-state index is 12.8. The zero-order valence-electron chi connectivity index (χ0n) is 16.3. The van der Waals surface area contributed by atoms with Crippen LogP contribution in [-0.4, -0.2) is 46.6 Å². The highest BCUT2D eigenvalue weighted by atomic mass is 16.7. The lowest BCUT2D eigenvalue weighted by Gasteiger charge is -2.31. The third-order valence-electron chi connectivity index (χ3n) is 5.14. The Morgan fingerprint density at radius 3 is 2.52 bits per heavy atom. The Hall–Kier alpha value is -3.35. The Morgan fingerprint density at radius 2 is 1.83 bits per heavy atom. The van der Waals surface area contributed by atoms with E-state index in [1.165, 1.54) is 0 Å². The maximum Gasteiger partial charge on any atom is 0.513 e. The molecule has 0 radical (unpaired) electrons. The zero-order chi connectivity index (χ0) is 20.2. The normalized spacial score (nSPS) is 14.7. The summed E-state index contributed by atoms with van der Waals surface area (Å²) in [6, 6.07) is 14.6. The van der Waals surface area contributed by atoms with Crippen LogP contribution in [0.15, 0.2) is 48.5 Å². The van der Waals surface area contributed by atoms with Gasteiger partial charge in [0.25, 0.3) is 5.91 Å². The van der Waals surface area contributed by atoms with Crippen molar-refractivity contribution in [1.29, 1.82) is 0 Å². The van der Waals surface area contributed by atoms with Gasteiger partial charge in [-0.3, -0.25) is 4.79 Å². The van der Waals surface area contributed by atoms with Gasteiger partial charge < -0.3 is 19.4 Å². The number of hydrogen-bond acceptors (Lipinski definition) is 5. The number of hydrogen-bond donors (Lipinski definition) is 1. The molecule has 1 saturated heterocycles. The number of ether oxygens (including phenoxy) is 2. The predicted molar refractivity (Wildman–Crippen MR) is 108 cm³/mol. The predicted octanol–water partition coefficient (Wildman–Crippen LogP) is 4.12. The Bertz CT molecular complexity index is 971. The second kappa shape index (κ2) is 8.34. The summed E-state index contributed by atoms with van der Waals surface area (Å²) in [6.45, 7) is 3.32. The van der Waals surface area contributed by atoms with Crippen molar-refractivity contribution in [2.75, 3.05) is 19.7 Å². The van der Waals surface area contributed by atoms with Crippen LogP contribution in [0.4, 0.5) is 4.79 Å². The molecular formula is C22H23N3O4. The van der Waals surface area contributed by atoms with E-state index in [1.54, 1.807) is 31.2 Å². The van der Waals surface area contributed by atoms with E-state index in [-0.39, 0.29) is 12.5 Å². The molecule has 2 heterocycles. The van der Waals surface area contributed by atoms with Crippen molar-refractivity contribution in [3.8, 4) is 5.75 Å². The second-order valence-corrected chi connectivity index (χ2v) is 7.02. The van der Waals surface area contributed by atoms with Crippen molar-refractivity contribution in [3.05, 3.63) is 59.9 Å². The van der Waals surface area contributed by atoms with Crippen LogP contribution in [0.5, 0.6) is 5.75 Å². The maximum atomic E-state index is 12.8. The SMILES string of the molecule is CCOC(=O)Oc1ccc(C(=O)N2CCC(c3nc4ccccc4[nH]3)CC2)cc1. The number of benzene rings is 2. The van der Waals surface area contributed by atoms with Crippen molar-refractivity contribution in [2.24, 2.45) is 0 Å². The van der Waals surface area contributed by atoms with Gasteiger partial charge in [-0.1, -0.05) is 12.1 Å². The van der Waals surface area contributed by atoms with Gasteiger partial charge in [-0.05, 0) is 56.2 Å². The van der Waals surface area contributed by atoms with Gasteiger partial charge in [0.05, 0.1) is 17.6 Å². The number of aromatic nitrogens is 2. The smallest absolute Gasteiger partial charge is 0.434 e. The molecule has 29 heavy (non-hydrogen) atoms. The molecule has 2 aromatic carbocycles. The van der Waals surface area contributed by atoms with E-state index in [9.17, 15) is 9.59 Å². The number of likely N-dealkylation sites (tertiary alicyclic amines) is 1. The average molecular weight is 393 g/mol. The molecule has 4 rings (SSSR count). The minimum atomic E-state index is -0.751. The number of H-pyrrole nitrogens is 1. The first-order valence-electron chi connectivity index (χ1n) is 9.82. The highest BCUT2D eigenvalue weighted by Crippen LogP contribution is 2.28. The fraction of sp³-hybridized carbons (Fsp3) is 0.318. The van der Waals surface area contributed by atoms with Crippen LogP contribution < -0.4 is 4.74 Å². The van der Waals surface area contributed by atoms with Crippen molar-refractivity contribution in [1.82, 2.24) is 14.9 Å². The van der Waals surface area contributed by atoms with Crippen LogP contribution in [0.1, 0.15) is 41.9 Å². The van der Waals surface area contributed by atoms with Crippen LogP contribution in [0.3, 0.4) is 0 Å². The number of aromatic amines is 1. The number of nitrogens with one attached hydrogen (secondary N) is 1. The molecule has 0 saturated carbocycles. The van der Waals surface area contributed by atoms with Crippen LogP contribution in [0.25, 0.3) is 11.0 Å². The van der Waals surface area contributed by atoms with E-state index >= 15 is 0 Å². The Kier molecular flexibility index (Phi) is 5.46. The van der Waals surface area contributed by atoms with Gasteiger partial charge in [-0.25, -0.2) is 9.78 Å². The van der Waals surface area contributed by atoms with E-state index in [2.05, 4.69) is 4.98 Å². The number of fused-ring (bicyclic) bond motifs is 1. The fourth-order valence-corrected chi connectivity index (χ4v) is 3.61. The van der Waals surface area contributed by atoms with Gasteiger partial charge in [-0.15, -0.1) is 0 Å². The minimum absolute atomic E-state index is 0.0178. The van der Waals surface area contributed by atoms with E-state index in [0.717, 1.165) is 29.7 Å². The number of piperidine rings is 1. The van der Waals surface area contributed by atoms with Crippen LogP contribution in [0.2, 0.25) is 0 Å². The average Bonchev–Trinajstić information content (AvgIpc) is 3.18. The lowest BCUT2D eigenvalue weighted by atomic mass is 9.95. The Morgan fingerprint density at radius 1 is 1.10 bits per heavy atom. The quantitative estimate of drug-likeness (QED) is 0.532. The number of rotatable bonds is 4. The molecule has 1 aliphatic rings. The number of nitrogens with zero attached hydrogens (tertiary/aromatic N) is 2. The number of para-hydroxylation sites is 2. The lowest BCUT2D eigenvalue weighted by molar-refractivity contribution is 0.0711. The largest absolute Gasteiger partial charge is 0.513 e. The zero-order valence-corrected chi connectivity index (χ0v) is 16.3. The third kappa shape index (κ3) is 4.23. The molecular weight excluding hydrogens is 370 g/mol. The fourth-order valence-electron chi connectivity index (χ4n) is 3.61. The van der Waals surface area contributed by atoms with Gasteiger partial charge >= 0.3 is 6.16 Å². The molecule has 0 bridgehead atoms.